The van der Waals surface area contributed by atoms with E-state index >= 15 is 0 Å². The van der Waals surface area contributed by atoms with Crippen LogP contribution in [0.25, 0.3) is 0 Å². The standard InChI is InChI=1S/C17H12BrClN2O3/c1-10(16(22)21-13-4-2-3-11(7-13)9-20)24-17(23)14-8-12(18)5-6-15(14)19/h2-8,10H,1H3,(H,21,22)/t10-/m1/s1. The van der Waals surface area contributed by atoms with Crippen LogP contribution in [0, 0.1) is 11.3 Å². The number of halogens is 2. The molecule has 2 aromatic carbocycles. The molecule has 0 radical (unpaired) electrons. The molecule has 0 aromatic heterocycles. The minimum atomic E-state index is -1.03. The molecule has 0 heterocycles. The summed E-state index contributed by atoms with van der Waals surface area (Å²) in [5, 5.41) is 11.7. The zero-order chi connectivity index (χ0) is 17.7. The molecule has 2 aromatic rings. The first-order chi connectivity index (χ1) is 11.4. The molecule has 5 nitrogen and oxygen atoms in total. The highest BCUT2D eigenvalue weighted by molar-refractivity contribution is 9.10. The number of ether oxygens (including phenoxy) is 1. The second-order valence-electron chi connectivity index (χ2n) is 4.85. The second kappa shape index (κ2) is 7.95. The van der Waals surface area contributed by atoms with E-state index in [1.807, 2.05) is 6.07 Å². The molecule has 24 heavy (non-hydrogen) atoms. The number of esters is 1. The Labute approximate surface area is 152 Å². The third kappa shape index (κ3) is 4.57. The highest BCUT2D eigenvalue weighted by atomic mass is 79.9. The number of hydrogen-bond acceptors (Lipinski definition) is 4. The second-order valence-corrected chi connectivity index (χ2v) is 6.18. The van der Waals surface area contributed by atoms with E-state index in [9.17, 15) is 9.59 Å². The van der Waals surface area contributed by atoms with Crippen LogP contribution in [0.15, 0.2) is 46.9 Å². The van der Waals surface area contributed by atoms with Gasteiger partial charge in [-0.25, -0.2) is 4.79 Å². The highest BCUT2D eigenvalue weighted by Gasteiger charge is 2.21. The van der Waals surface area contributed by atoms with Crippen molar-refractivity contribution < 1.29 is 14.3 Å². The van der Waals surface area contributed by atoms with E-state index in [1.54, 1.807) is 30.3 Å². The molecule has 0 spiro atoms. The third-order valence-electron chi connectivity index (χ3n) is 3.06. The number of hydrogen-bond donors (Lipinski definition) is 1. The fraction of sp³-hybridized carbons (Fsp3) is 0.118. The van der Waals surface area contributed by atoms with Crippen molar-refractivity contribution >= 4 is 45.1 Å². The van der Waals surface area contributed by atoms with Gasteiger partial charge < -0.3 is 10.1 Å². The monoisotopic (exact) mass is 406 g/mol. The fourth-order valence-corrected chi connectivity index (χ4v) is 2.40. The van der Waals surface area contributed by atoms with Gasteiger partial charge >= 0.3 is 5.97 Å². The molecule has 1 N–H and O–H groups in total. The first-order valence-corrected chi connectivity index (χ1v) is 8.05. The van der Waals surface area contributed by atoms with Gasteiger partial charge in [0.1, 0.15) is 0 Å². The van der Waals surface area contributed by atoms with Gasteiger partial charge in [0.2, 0.25) is 0 Å². The zero-order valence-electron chi connectivity index (χ0n) is 12.5. The van der Waals surface area contributed by atoms with E-state index < -0.39 is 18.0 Å². The maximum Gasteiger partial charge on any atom is 0.340 e. The lowest BCUT2D eigenvalue weighted by Gasteiger charge is -2.14. The van der Waals surface area contributed by atoms with Crippen molar-refractivity contribution in [2.75, 3.05) is 5.32 Å². The fourth-order valence-electron chi connectivity index (χ4n) is 1.84. The molecular weight excluding hydrogens is 396 g/mol. The van der Waals surface area contributed by atoms with Crippen molar-refractivity contribution in [1.29, 1.82) is 5.26 Å². The van der Waals surface area contributed by atoms with Crippen molar-refractivity contribution in [1.82, 2.24) is 0 Å². The topological polar surface area (TPSA) is 79.2 Å². The summed E-state index contributed by atoms with van der Waals surface area (Å²) in [4.78, 5) is 24.3. The number of carbonyl (C=O) groups excluding carboxylic acids is 2. The summed E-state index contributed by atoms with van der Waals surface area (Å²) in [6, 6.07) is 13.2. The van der Waals surface area contributed by atoms with Crippen LogP contribution in [0.3, 0.4) is 0 Å². The Morgan fingerprint density at radius 1 is 1.29 bits per heavy atom. The van der Waals surface area contributed by atoms with Crippen molar-refractivity contribution in [3.8, 4) is 6.07 Å². The summed E-state index contributed by atoms with van der Waals surface area (Å²) in [5.74, 6) is -1.21. The Bertz CT molecular complexity index is 833. The molecule has 1 atom stereocenters. The molecule has 0 unspecified atom stereocenters. The van der Waals surface area contributed by atoms with E-state index in [0.29, 0.717) is 15.7 Å². The lowest BCUT2D eigenvalue weighted by Crippen LogP contribution is -2.30. The number of carbonyl (C=O) groups is 2. The number of amides is 1. The lowest BCUT2D eigenvalue weighted by molar-refractivity contribution is -0.123. The smallest absolute Gasteiger partial charge is 0.340 e. The Balaban J connectivity index is 2.04. The van der Waals surface area contributed by atoms with E-state index in [0.717, 1.165) is 0 Å². The molecule has 1 amide bonds. The van der Waals surface area contributed by atoms with Gasteiger partial charge in [0.25, 0.3) is 5.91 Å². The highest BCUT2D eigenvalue weighted by Crippen LogP contribution is 2.22. The summed E-state index contributed by atoms with van der Waals surface area (Å²) >= 11 is 9.21. The Kier molecular flexibility index (Phi) is 5.96. The van der Waals surface area contributed by atoms with Crippen LogP contribution < -0.4 is 5.32 Å². The van der Waals surface area contributed by atoms with Gasteiger partial charge in [-0.1, -0.05) is 33.6 Å². The van der Waals surface area contributed by atoms with Gasteiger partial charge in [0.05, 0.1) is 22.2 Å². The van der Waals surface area contributed by atoms with Crippen molar-refractivity contribution in [3.05, 3.63) is 63.1 Å². The predicted octanol–water partition coefficient (Wildman–Crippen LogP) is 4.16. The number of nitriles is 1. The van der Waals surface area contributed by atoms with E-state index in [2.05, 4.69) is 21.2 Å². The van der Waals surface area contributed by atoms with Crippen LogP contribution in [0.1, 0.15) is 22.8 Å². The first kappa shape index (κ1) is 18.0. The molecule has 0 saturated heterocycles. The Hall–Kier alpha value is -2.36. The molecule has 2 rings (SSSR count). The molecular formula is C17H12BrClN2O3. The van der Waals surface area contributed by atoms with Gasteiger partial charge in [-0.05, 0) is 43.3 Å². The number of anilines is 1. The van der Waals surface area contributed by atoms with E-state index in [1.165, 1.54) is 19.1 Å². The van der Waals surface area contributed by atoms with Crippen molar-refractivity contribution in [3.63, 3.8) is 0 Å². The van der Waals surface area contributed by atoms with Gasteiger partial charge in [0.15, 0.2) is 6.10 Å². The number of rotatable bonds is 4. The van der Waals surface area contributed by atoms with Gasteiger partial charge in [-0.3, -0.25) is 4.79 Å². The van der Waals surface area contributed by atoms with Crippen LogP contribution in [-0.4, -0.2) is 18.0 Å². The average Bonchev–Trinajstić information content (AvgIpc) is 2.57. The van der Waals surface area contributed by atoms with Crippen LogP contribution in [0.2, 0.25) is 5.02 Å². The maximum absolute atomic E-state index is 12.1. The van der Waals surface area contributed by atoms with Crippen molar-refractivity contribution in [2.45, 2.75) is 13.0 Å². The molecule has 7 heteroatoms. The predicted molar refractivity (Wildman–Crippen MR) is 93.8 cm³/mol. The SMILES string of the molecule is C[C@@H](OC(=O)c1cc(Br)ccc1Cl)C(=O)Nc1cccc(C#N)c1. The lowest BCUT2D eigenvalue weighted by atomic mass is 10.2. The Morgan fingerprint density at radius 3 is 2.75 bits per heavy atom. The molecule has 0 aliphatic heterocycles. The number of benzene rings is 2. The summed E-state index contributed by atoms with van der Waals surface area (Å²) in [6.45, 7) is 1.45. The van der Waals surface area contributed by atoms with Gasteiger partial charge in [-0.15, -0.1) is 0 Å². The van der Waals surface area contributed by atoms with Crippen LogP contribution in [0.4, 0.5) is 5.69 Å². The van der Waals surface area contributed by atoms with Gasteiger partial charge in [-0.2, -0.15) is 5.26 Å². The molecule has 0 fully saturated rings. The summed E-state index contributed by atoms with van der Waals surface area (Å²) in [7, 11) is 0. The van der Waals surface area contributed by atoms with E-state index in [-0.39, 0.29) is 10.6 Å². The molecule has 0 aliphatic carbocycles. The van der Waals surface area contributed by atoms with Crippen molar-refractivity contribution in [2.24, 2.45) is 0 Å². The minimum absolute atomic E-state index is 0.164. The third-order valence-corrected chi connectivity index (χ3v) is 3.88. The van der Waals surface area contributed by atoms with Gasteiger partial charge in [0, 0.05) is 10.2 Å². The minimum Gasteiger partial charge on any atom is -0.449 e. The van der Waals surface area contributed by atoms with E-state index in [4.69, 9.17) is 21.6 Å². The number of nitrogens with zero attached hydrogens (tertiary/aromatic N) is 1. The summed E-state index contributed by atoms with van der Waals surface area (Å²) in [6.07, 6.45) is -1.03. The summed E-state index contributed by atoms with van der Waals surface area (Å²) in [5.41, 5.74) is 1.03. The quantitative estimate of drug-likeness (QED) is 0.772. The molecule has 0 bridgehead atoms. The van der Waals surface area contributed by atoms with Crippen LogP contribution >= 0.6 is 27.5 Å². The normalized spacial score (nSPS) is 11.2. The molecule has 0 saturated carbocycles. The first-order valence-electron chi connectivity index (χ1n) is 6.88. The van der Waals surface area contributed by atoms with Crippen LogP contribution in [-0.2, 0) is 9.53 Å². The molecule has 122 valence electrons. The Morgan fingerprint density at radius 2 is 2.04 bits per heavy atom. The van der Waals surface area contributed by atoms with Crippen LogP contribution in [0.5, 0.6) is 0 Å². The largest absolute Gasteiger partial charge is 0.449 e. The number of nitrogens with one attached hydrogen (secondary N) is 1. The summed E-state index contributed by atoms with van der Waals surface area (Å²) < 4.78 is 5.81. The average molecular weight is 408 g/mol. The molecule has 0 aliphatic rings. The zero-order valence-corrected chi connectivity index (χ0v) is 14.9. The maximum atomic E-state index is 12.1.